The lowest BCUT2D eigenvalue weighted by Crippen LogP contribution is -2.65. The number of carboxylic acid groups (broad SMARTS) is 1. The Labute approximate surface area is 243 Å². The molecule has 3 aromatic rings. The summed E-state index contributed by atoms with van der Waals surface area (Å²) in [6.07, 6.45) is 4.00. The molecule has 0 spiro atoms. The van der Waals surface area contributed by atoms with Crippen LogP contribution in [-0.2, 0) is 16.0 Å². The van der Waals surface area contributed by atoms with Gasteiger partial charge in [0, 0.05) is 0 Å². The summed E-state index contributed by atoms with van der Waals surface area (Å²) >= 11 is 1.28. The lowest BCUT2D eigenvalue weighted by Gasteiger charge is -2.47. The number of benzene rings is 1. The van der Waals surface area contributed by atoms with Crippen LogP contribution in [-0.4, -0.2) is 67.7 Å². The van der Waals surface area contributed by atoms with Crippen LogP contribution in [0.3, 0.4) is 0 Å². The van der Waals surface area contributed by atoms with Crippen molar-refractivity contribution in [3.05, 3.63) is 59.0 Å². The number of ether oxygens (including phenoxy) is 1. The molecular weight excluding hydrogens is 546 g/mol. The Morgan fingerprint density at radius 3 is 2.56 bits per heavy atom. The highest BCUT2D eigenvalue weighted by Crippen LogP contribution is 2.47. The van der Waals surface area contributed by atoms with E-state index in [9.17, 15) is 24.9 Å². The third kappa shape index (κ3) is 5.39. The van der Waals surface area contributed by atoms with Gasteiger partial charge < -0.3 is 29.4 Å². The van der Waals surface area contributed by atoms with E-state index in [0.29, 0.717) is 52.6 Å². The number of aliphatic carboxylic acids is 1. The second kappa shape index (κ2) is 11.6. The fourth-order valence-electron chi connectivity index (χ4n) is 5.76. The molecule has 2 atom stereocenters. The van der Waals surface area contributed by atoms with Gasteiger partial charge in [0.15, 0.2) is 0 Å². The molecule has 10 nitrogen and oxygen atoms in total. The first-order chi connectivity index (χ1) is 19.5. The first-order valence-corrected chi connectivity index (χ1v) is 14.8. The van der Waals surface area contributed by atoms with Crippen molar-refractivity contribution in [1.29, 1.82) is 0 Å². The SMILES string of the molecule is CCc1ccccc1C(CN1c2sc(-c3ncco3)c(C)c2C(=O)N(C(C)(C)C(=O)O)C1O)OC1CCC(O)CC1. The molecular formula is C30H37N3O7S. The maximum atomic E-state index is 13.9. The molecule has 0 bridgehead atoms. The van der Waals surface area contributed by atoms with Crippen LogP contribution < -0.4 is 4.90 Å². The highest BCUT2D eigenvalue weighted by Gasteiger charge is 2.50. The third-order valence-corrected chi connectivity index (χ3v) is 9.55. The summed E-state index contributed by atoms with van der Waals surface area (Å²) in [5.74, 6) is -1.47. The van der Waals surface area contributed by atoms with Crippen molar-refractivity contribution in [3.8, 4) is 10.8 Å². The summed E-state index contributed by atoms with van der Waals surface area (Å²) < 4.78 is 12.3. The molecule has 41 heavy (non-hydrogen) atoms. The fraction of sp³-hybridized carbons (Fsp3) is 0.500. The van der Waals surface area contributed by atoms with Crippen molar-refractivity contribution in [3.63, 3.8) is 0 Å². The molecule has 1 saturated carbocycles. The van der Waals surface area contributed by atoms with Gasteiger partial charge in [0.25, 0.3) is 5.91 Å². The number of anilines is 1. The molecule has 1 aliphatic heterocycles. The van der Waals surface area contributed by atoms with E-state index in [1.165, 1.54) is 37.6 Å². The Kier molecular flexibility index (Phi) is 8.24. The minimum Gasteiger partial charge on any atom is -0.480 e. The van der Waals surface area contributed by atoms with E-state index in [2.05, 4.69) is 11.9 Å². The van der Waals surface area contributed by atoms with Gasteiger partial charge in [-0.1, -0.05) is 31.2 Å². The number of amides is 1. The Morgan fingerprint density at radius 2 is 1.93 bits per heavy atom. The smallest absolute Gasteiger partial charge is 0.329 e. The van der Waals surface area contributed by atoms with Gasteiger partial charge in [-0.3, -0.25) is 9.69 Å². The molecule has 5 rings (SSSR count). The number of aryl methyl sites for hydroxylation is 1. The molecule has 11 heteroatoms. The summed E-state index contributed by atoms with van der Waals surface area (Å²) in [6.45, 7) is 6.83. The standard InChI is InChI=1S/C30H37N3O7S/c1-5-18-8-6-7-9-21(18)22(40-20-12-10-19(34)11-13-20)16-32-27-23(17(2)24(41-27)25-31-14-15-39-25)26(35)33(29(32)38)30(3,4)28(36)37/h6-9,14-15,19-20,22,29,34,38H,5,10-13,16H2,1-4H3,(H,36,37). The Hall–Kier alpha value is -3.25. The van der Waals surface area contributed by atoms with E-state index in [4.69, 9.17) is 9.15 Å². The van der Waals surface area contributed by atoms with Crippen molar-refractivity contribution in [2.75, 3.05) is 11.4 Å². The minimum absolute atomic E-state index is 0.0872. The number of carbonyl (C=O) groups is 2. The molecule has 3 heterocycles. The number of fused-ring (bicyclic) bond motifs is 1. The average molecular weight is 584 g/mol. The number of oxazole rings is 1. The number of aliphatic hydroxyl groups is 2. The first-order valence-electron chi connectivity index (χ1n) is 14.0. The minimum atomic E-state index is -1.71. The van der Waals surface area contributed by atoms with Crippen LogP contribution >= 0.6 is 11.3 Å². The average Bonchev–Trinajstić information content (AvgIpc) is 3.59. The van der Waals surface area contributed by atoms with Crippen LogP contribution in [0.5, 0.6) is 0 Å². The summed E-state index contributed by atoms with van der Waals surface area (Å²) in [7, 11) is 0. The molecule has 220 valence electrons. The normalized spacial score (nSPS) is 22.1. The zero-order chi connectivity index (χ0) is 29.5. The number of carboxylic acids is 1. The summed E-state index contributed by atoms with van der Waals surface area (Å²) in [5, 5.41) is 32.4. The fourth-order valence-corrected chi connectivity index (χ4v) is 7.03. The predicted molar refractivity (Wildman–Crippen MR) is 154 cm³/mol. The number of aliphatic hydroxyl groups excluding tert-OH is 2. The van der Waals surface area contributed by atoms with Gasteiger partial charge in [-0.15, -0.1) is 11.3 Å². The van der Waals surface area contributed by atoms with E-state index in [-0.39, 0.29) is 18.8 Å². The molecule has 0 radical (unpaired) electrons. The summed E-state index contributed by atoms with van der Waals surface area (Å²) in [4.78, 5) is 33.8. The number of carbonyl (C=O) groups excluding carboxylic acids is 1. The van der Waals surface area contributed by atoms with Gasteiger partial charge in [-0.25, -0.2) is 9.78 Å². The molecule has 2 aliphatic rings. The van der Waals surface area contributed by atoms with Gasteiger partial charge in [-0.05, 0) is 69.6 Å². The molecule has 2 unspecified atom stereocenters. The molecule has 1 aliphatic carbocycles. The Morgan fingerprint density at radius 1 is 1.22 bits per heavy atom. The number of nitrogens with zero attached hydrogens (tertiary/aromatic N) is 3. The van der Waals surface area contributed by atoms with Crippen LogP contribution in [0.2, 0.25) is 0 Å². The molecule has 1 aromatic carbocycles. The first kappa shape index (κ1) is 29.2. The zero-order valence-corrected chi connectivity index (χ0v) is 24.6. The van der Waals surface area contributed by atoms with Crippen LogP contribution in [0, 0.1) is 6.92 Å². The highest BCUT2D eigenvalue weighted by molar-refractivity contribution is 7.20. The Bertz CT molecular complexity index is 1390. The maximum absolute atomic E-state index is 13.9. The summed E-state index contributed by atoms with van der Waals surface area (Å²) in [6, 6.07) is 7.99. The molecule has 3 N–H and O–H groups in total. The summed E-state index contributed by atoms with van der Waals surface area (Å²) in [5.41, 5.74) is 1.28. The van der Waals surface area contributed by atoms with Gasteiger partial charge in [-0.2, -0.15) is 0 Å². The van der Waals surface area contributed by atoms with Crippen molar-refractivity contribution in [2.45, 2.75) is 90.0 Å². The molecule has 1 amide bonds. The number of aromatic nitrogens is 1. The van der Waals surface area contributed by atoms with E-state index >= 15 is 0 Å². The molecule has 1 fully saturated rings. The third-order valence-electron chi connectivity index (χ3n) is 8.23. The predicted octanol–water partition coefficient (Wildman–Crippen LogP) is 4.74. The van der Waals surface area contributed by atoms with E-state index < -0.39 is 29.9 Å². The Balaban J connectivity index is 1.61. The van der Waals surface area contributed by atoms with Crippen LogP contribution in [0.4, 0.5) is 5.00 Å². The zero-order valence-electron chi connectivity index (χ0n) is 23.7. The van der Waals surface area contributed by atoms with Crippen LogP contribution in [0.25, 0.3) is 10.8 Å². The largest absolute Gasteiger partial charge is 0.480 e. The number of thiophene rings is 1. The highest BCUT2D eigenvalue weighted by atomic mass is 32.1. The van der Waals surface area contributed by atoms with E-state index in [0.717, 1.165) is 22.4 Å². The van der Waals surface area contributed by atoms with Crippen molar-refractivity contribution in [1.82, 2.24) is 9.88 Å². The maximum Gasteiger partial charge on any atom is 0.329 e. The number of hydrogen-bond donors (Lipinski definition) is 3. The lowest BCUT2D eigenvalue weighted by atomic mass is 9.94. The second-order valence-electron chi connectivity index (χ2n) is 11.2. The quantitative estimate of drug-likeness (QED) is 0.326. The second-order valence-corrected chi connectivity index (χ2v) is 12.2. The van der Waals surface area contributed by atoms with Crippen molar-refractivity contribution >= 4 is 28.2 Å². The van der Waals surface area contributed by atoms with Gasteiger partial charge in [0.1, 0.15) is 22.9 Å². The van der Waals surface area contributed by atoms with Crippen molar-refractivity contribution in [2.24, 2.45) is 0 Å². The lowest BCUT2D eigenvalue weighted by molar-refractivity contribution is -0.154. The van der Waals surface area contributed by atoms with Crippen LogP contribution in [0.1, 0.15) is 79.6 Å². The van der Waals surface area contributed by atoms with Crippen LogP contribution in [0.15, 0.2) is 41.1 Å². The monoisotopic (exact) mass is 583 g/mol. The van der Waals surface area contributed by atoms with Gasteiger partial charge in [0.2, 0.25) is 12.2 Å². The van der Waals surface area contributed by atoms with E-state index in [1.54, 1.807) is 11.8 Å². The number of hydrogen-bond acceptors (Lipinski definition) is 9. The molecule has 2 aromatic heterocycles. The van der Waals surface area contributed by atoms with Gasteiger partial charge >= 0.3 is 5.97 Å². The van der Waals surface area contributed by atoms with Gasteiger partial charge in [0.05, 0.1) is 35.4 Å². The topological polar surface area (TPSA) is 137 Å². The van der Waals surface area contributed by atoms with Crippen molar-refractivity contribution < 1.29 is 34.1 Å². The van der Waals surface area contributed by atoms with E-state index in [1.807, 2.05) is 24.3 Å². The molecule has 0 saturated heterocycles. The number of rotatable bonds is 9.